The molecule has 3 aliphatic rings. The predicted octanol–water partition coefficient (Wildman–Crippen LogP) is 3.11. The maximum absolute atomic E-state index is 13.2. The van der Waals surface area contributed by atoms with Crippen LogP contribution in [-0.2, 0) is 19.1 Å². The van der Waals surface area contributed by atoms with E-state index in [0.717, 1.165) is 22.3 Å². The molecule has 184 valence electrons. The molecular formula is C27H30N2O6. The zero-order chi connectivity index (χ0) is 24.7. The Bertz CT molecular complexity index is 1110. The van der Waals surface area contributed by atoms with Crippen LogP contribution >= 0.6 is 0 Å². The van der Waals surface area contributed by atoms with Crippen LogP contribution in [0.25, 0.3) is 11.1 Å². The largest absolute Gasteiger partial charge is 0.481 e. The maximum atomic E-state index is 13.2. The van der Waals surface area contributed by atoms with E-state index in [1.165, 1.54) is 0 Å². The van der Waals surface area contributed by atoms with E-state index >= 15 is 0 Å². The zero-order valence-electron chi connectivity index (χ0n) is 19.9. The lowest BCUT2D eigenvalue weighted by Gasteiger charge is -2.45. The molecule has 1 aliphatic carbocycles. The van der Waals surface area contributed by atoms with Crippen molar-refractivity contribution in [1.29, 1.82) is 0 Å². The quantitative estimate of drug-likeness (QED) is 0.661. The van der Waals surface area contributed by atoms with Gasteiger partial charge in [0.2, 0.25) is 5.91 Å². The number of likely N-dealkylation sites (tertiary alicyclic amines) is 1. The lowest BCUT2D eigenvalue weighted by Crippen LogP contribution is -2.61. The Labute approximate surface area is 204 Å². The third-order valence-corrected chi connectivity index (χ3v) is 7.87. The number of carboxylic acids is 1. The molecule has 2 aliphatic heterocycles. The van der Waals surface area contributed by atoms with Crippen LogP contribution < -0.4 is 5.32 Å². The molecule has 35 heavy (non-hydrogen) atoms. The van der Waals surface area contributed by atoms with Gasteiger partial charge >= 0.3 is 12.1 Å². The van der Waals surface area contributed by atoms with Gasteiger partial charge in [-0.2, -0.15) is 0 Å². The summed E-state index contributed by atoms with van der Waals surface area (Å²) in [6, 6.07) is 15.8. The monoisotopic (exact) mass is 478 g/mol. The molecule has 2 heterocycles. The first-order valence-electron chi connectivity index (χ1n) is 12.0. The number of carbonyl (C=O) groups excluding carboxylic acids is 2. The fraction of sp³-hybridized carbons (Fsp3) is 0.444. The number of amides is 2. The smallest absolute Gasteiger partial charge is 0.407 e. The van der Waals surface area contributed by atoms with Crippen LogP contribution in [0, 0.1) is 17.3 Å². The molecule has 0 saturated carbocycles. The molecule has 8 heteroatoms. The van der Waals surface area contributed by atoms with Gasteiger partial charge in [-0.25, -0.2) is 4.79 Å². The van der Waals surface area contributed by atoms with E-state index in [-0.39, 0.29) is 37.6 Å². The first-order valence-corrected chi connectivity index (χ1v) is 12.0. The molecule has 8 nitrogen and oxygen atoms in total. The molecule has 2 aromatic carbocycles. The van der Waals surface area contributed by atoms with E-state index in [4.69, 9.17) is 9.47 Å². The van der Waals surface area contributed by atoms with Gasteiger partial charge in [0.25, 0.3) is 0 Å². The lowest BCUT2D eigenvalue weighted by atomic mass is 9.80. The Morgan fingerprint density at radius 1 is 1.11 bits per heavy atom. The van der Waals surface area contributed by atoms with Gasteiger partial charge < -0.3 is 24.8 Å². The number of hydrogen-bond donors (Lipinski definition) is 2. The summed E-state index contributed by atoms with van der Waals surface area (Å²) in [5, 5.41) is 12.0. The number of rotatable bonds is 6. The third-order valence-electron chi connectivity index (χ3n) is 7.87. The number of nitrogens with zero attached hydrogens (tertiary/aromatic N) is 1. The summed E-state index contributed by atoms with van der Waals surface area (Å²) < 4.78 is 11.2. The van der Waals surface area contributed by atoms with Crippen molar-refractivity contribution in [3.05, 3.63) is 59.7 Å². The standard InChI is InChI=1S/C27H30N2O6/c1-16(24(30)31)17-11-29(12-17)25(32)27(2)15-34-14-23(27)28-26(33)35-13-22-20-9-5-3-7-18(20)19-8-4-6-10-21(19)22/h3-10,16-17,22-23H,11-15H2,1-2H3,(H,28,33)(H,30,31). The second-order valence-corrected chi connectivity index (χ2v) is 10.1. The average molecular weight is 479 g/mol. The molecule has 0 bridgehead atoms. The Hall–Kier alpha value is -3.39. The molecule has 2 amide bonds. The number of nitrogens with one attached hydrogen (secondary N) is 1. The number of carboxylic acid groups (broad SMARTS) is 1. The highest BCUT2D eigenvalue weighted by atomic mass is 16.5. The van der Waals surface area contributed by atoms with Gasteiger partial charge in [0, 0.05) is 24.9 Å². The van der Waals surface area contributed by atoms with Crippen molar-refractivity contribution in [2.75, 3.05) is 32.9 Å². The number of aliphatic carboxylic acids is 1. The Balaban J connectivity index is 1.20. The summed E-state index contributed by atoms with van der Waals surface area (Å²) in [5.41, 5.74) is 3.65. The van der Waals surface area contributed by atoms with E-state index in [9.17, 15) is 19.5 Å². The van der Waals surface area contributed by atoms with E-state index in [2.05, 4.69) is 29.6 Å². The Morgan fingerprint density at radius 2 is 1.71 bits per heavy atom. The number of hydrogen-bond acceptors (Lipinski definition) is 5. The van der Waals surface area contributed by atoms with Gasteiger partial charge in [-0.15, -0.1) is 0 Å². The Kier molecular flexibility index (Phi) is 6.01. The SMILES string of the molecule is CC(C(=O)O)C1CN(C(=O)C2(C)COCC2NC(=O)OCC2c3ccccc3-c3ccccc32)C1. The highest BCUT2D eigenvalue weighted by Gasteiger charge is 2.52. The first-order chi connectivity index (χ1) is 16.8. The molecule has 0 aromatic heterocycles. The number of carbonyl (C=O) groups is 3. The van der Waals surface area contributed by atoms with E-state index < -0.39 is 29.4 Å². The van der Waals surface area contributed by atoms with Crippen molar-refractivity contribution in [1.82, 2.24) is 10.2 Å². The molecular weight excluding hydrogens is 448 g/mol. The molecule has 2 aromatic rings. The van der Waals surface area contributed by atoms with E-state index in [1.54, 1.807) is 18.7 Å². The molecule has 3 atom stereocenters. The third kappa shape index (κ3) is 4.05. The fourth-order valence-corrected chi connectivity index (χ4v) is 5.42. The van der Waals surface area contributed by atoms with Crippen molar-refractivity contribution in [3.63, 3.8) is 0 Å². The lowest BCUT2D eigenvalue weighted by molar-refractivity contribution is -0.156. The minimum absolute atomic E-state index is 0.0461. The predicted molar refractivity (Wildman–Crippen MR) is 128 cm³/mol. The van der Waals surface area contributed by atoms with Crippen LogP contribution in [0.4, 0.5) is 4.79 Å². The van der Waals surface area contributed by atoms with Gasteiger partial charge in [-0.3, -0.25) is 9.59 Å². The maximum Gasteiger partial charge on any atom is 0.407 e. The van der Waals surface area contributed by atoms with Gasteiger partial charge in [0.05, 0.1) is 30.6 Å². The number of fused-ring (bicyclic) bond motifs is 3. The van der Waals surface area contributed by atoms with Crippen LogP contribution in [0.5, 0.6) is 0 Å². The number of benzene rings is 2. The topological polar surface area (TPSA) is 105 Å². The number of ether oxygens (including phenoxy) is 2. The summed E-state index contributed by atoms with van der Waals surface area (Å²) in [4.78, 5) is 38.9. The summed E-state index contributed by atoms with van der Waals surface area (Å²) in [6.45, 7) is 4.85. The fourth-order valence-electron chi connectivity index (χ4n) is 5.42. The first kappa shape index (κ1) is 23.4. The molecule has 2 fully saturated rings. The minimum Gasteiger partial charge on any atom is -0.481 e. The minimum atomic E-state index is -0.928. The van der Waals surface area contributed by atoms with Crippen molar-refractivity contribution in [2.45, 2.75) is 25.8 Å². The summed E-state index contributed by atoms with van der Waals surface area (Å²) in [6.07, 6.45) is -0.581. The molecule has 3 unspecified atom stereocenters. The second-order valence-electron chi connectivity index (χ2n) is 10.1. The molecule has 0 spiro atoms. The highest BCUT2D eigenvalue weighted by molar-refractivity contribution is 5.86. The Morgan fingerprint density at radius 3 is 2.31 bits per heavy atom. The van der Waals surface area contributed by atoms with Crippen LogP contribution in [0.1, 0.15) is 30.9 Å². The van der Waals surface area contributed by atoms with Gasteiger partial charge in [0.1, 0.15) is 6.61 Å². The normalized spacial score (nSPS) is 24.3. The van der Waals surface area contributed by atoms with Crippen LogP contribution in [-0.4, -0.2) is 66.9 Å². The highest BCUT2D eigenvalue weighted by Crippen LogP contribution is 2.44. The van der Waals surface area contributed by atoms with Crippen molar-refractivity contribution < 1.29 is 29.0 Å². The van der Waals surface area contributed by atoms with E-state index in [0.29, 0.717) is 13.1 Å². The van der Waals surface area contributed by atoms with Crippen LogP contribution in [0.2, 0.25) is 0 Å². The summed E-state index contributed by atoms with van der Waals surface area (Å²) >= 11 is 0. The van der Waals surface area contributed by atoms with Crippen molar-refractivity contribution >= 4 is 18.0 Å². The second kappa shape index (κ2) is 9.00. The molecule has 0 radical (unpaired) electrons. The molecule has 2 saturated heterocycles. The van der Waals surface area contributed by atoms with Gasteiger partial charge in [-0.1, -0.05) is 55.5 Å². The zero-order valence-corrected chi connectivity index (χ0v) is 19.9. The van der Waals surface area contributed by atoms with Crippen LogP contribution in [0.3, 0.4) is 0 Å². The summed E-state index contributed by atoms with van der Waals surface area (Å²) in [5.74, 6) is -1.59. The summed E-state index contributed by atoms with van der Waals surface area (Å²) in [7, 11) is 0. The molecule has 2 N–H and O–H groups in total. The molecule has 5 rings (SSSR count). The van der Waals surface area contributed by atoms with Gasteiger partial charge in [-0.05, 0) is 29.2 Å². The number of alkyl carbamates (subject to hydrolysis) is 1. The van der Waals surface area contributed by atoms with Gasteiger partial charge in [0.15, 0.2) is 0 Å². The van der Waals surface area contributed by atoms with Crippen molar-refractivity contribution in [3.8, 4) is 11.1 Å². The average Bonchev–Trinajstić information content (AvgIpc) is 3.35. The van der Waals surface area contributed by atoms with E-state index in [1.807, 2.05) is 24.3 Å². The van der Waals surface area contributed by atoms with Crippen LogP contribution in [0.15, 0.2) is 48.5 Å². The van der Waals surface area contributed by atoms with Crippen molar-refractivity contribution in [2.24, 2.45) is 17.3 Å².